The molecular formula is C39H54N4O5. The Morgan fingerprint density at radius 1 is 0.896 bits per heavy atom. The maximum Gasteiger partial charge on any atom is 0.236 e. The van der Waals surface area contributed by atoms with Crippen LogP contribution in [0.1, 0.15) is 81.8 Å². The van der Waals surface area contributed by atoms with E-state index in [1.807, 2.05) is 21.9 Å². The van der Waals surface area contributed by atoms with E-state index in [4.69, 9.17) is 9.47 Å². The van der Waals surface area contributed by atoms with Gasteiger partial charge in [-0.2, -0.15) is 0 Å². The maximum absolute atomic E-state index is 13.5. The van der Waals surface area contributed by atoms with Crippen LogP contribution in [0.2, 0.25) is 0 Å². The van der Waals surface area contributed by atoms with E-state index in [2.05, 4.69) is 48.0 Å². The van der Waals surface area contributed by atoms with Gasteiger partial charge < -0.3 is 29.4 Å². The van der Waals surface area contributed by atoms with Crippen molar-refractivity contribution in [2.24, 2.45) is 11.8 Å². The van der Waals surface area contributed by atoms with Crippen LogP contribution in [0.15, 0.2) is 36.4 Å². The van der Waals surface area contributed by atoms with Crippen LogP contribution in [0.4, 0.5) is 0 Å². The highest BCUT2D eigenvalue weighted by atomic mass is 16.5. The van der Waals surface area contributed by atoms with Gasteiger partial charge in [-0.1, -0.05) is 19.9 Å². The number of nitrogens with one attached hydrogen (secondary N) is 1. The minimum absolute atomic E-state index is 0.0157. The number of likely N-dealkylation sites (tertiary alicyclic amines) is 3. The van der Waals surface area contributed by atoms with Gasteiger partial charge in [-0.05, 0) is 111 Å². The van der Waals surface area contributed by atoms with Crippen molar-refractivity contribution in [2.75, 3.05) is 66.6 Å². The fourth-order valence-electron chi connectivity index (χ4n) is 8.34. The number of rotatable bonds is 10. The number of piperidine rings is 3. The van der Waals surface area contributed by atoms with Gasteiger partial charge in [0.15, 0.2) is 11.5 Å². The molecule has 3 saturated heterocycles. The number of hydrogen-bond donors (Lipinski definition) is 2. The van der Waals surface area contributed by atoms with E-state index in [0.29, 0.717) is 42.3 Å². The van der Waals surface area contributed by atoms with Crippen molar-refractivity contribution in [3.05, 3.63) is 47.5 Å². The first-order valence-corrected chi connectivity index (χ1v) is 18.1. The number of hydrogen-bond acceptors (Lipinski definition) is 6. The molecule has 3 aliphatic rings. The zero-order valence-corrected chi connectivity index (χ0v) is 29.3. The van der Waals surface area contributed by atoms with Crippen molar-refractivity contribution >= 4 is 22.7 Å². The topological polar surface area (TPSA) is 98.3 Å². The van der Waals surface area contributed by atoms with Crippen molar-refractivity contribution in [1.82, 2.24) is 19.7 Å². The van der Waals surface area contributed by atoms with Crippen molar-refractivity contribution in [3.8, 4) is 22.8 Å². The predicted molar refractivity (Wildman–Crippen MR) is 190 cm³/mol. The largest absolute Gasteiger partial charge is 0.493 e. The quantitative estimate of drug-likeness (QED) is 0.277. The van der Waals surface area contributed by atoms with Crippen LogP contribution in [-0.4, -0.2) is 103 Å². The molecular weight excluding hydrogens is 604 g/mol. The van der Waals surface area contributed by atoms with Crippen LogP contribution in [0.5, 0.6) is 11.5 Å². The summed E-state index contributed by atoms with van der Waals surface area (Å²) in [6, 6.07) is 12.9. The number of ether oxygens (including phenoxy) is 2. The van der Waals surface area contributed by atoms with Gasteiger partial charge in [-0.25, -0.2) is 0 Å². The Hall–Kier alpha value is -3.56. The molecule has 3 aliphatic heterocycles. The molecule has 9 nitrogen and oxygen atoms in total. The predicted octanol–water partition coefficient (Wildman–Crippen LogP) is 6.01. The van der Waals surface area contributed by atoms with Crippen LogP contribution in [-0.2, 0) is 9.59 Å². The van der Waals surface area contributed by atoms with Crippen LogP contribution < -0.4 is 9.47 Å². The molecule has 2 N–H and O–H groups in total. The molecule has 3 fully saturated rings. The number of carbonyl (C=O) groups is 2. The van der Waals surface area contributed by atoms with Gasteiger partial charge in [-0.15, -0.1) is 0 Å². The summed E-state index contributed by atoms with van der Waals surface area (Å²) < 4.78 is 11.1. The summed E-state index contributed by atoms with van der Waals surface area (Å²) in [5.41, 5.74) is 5.96. The second-order valence-corrected chi connectivity index (χ2v) is 14.5. The first-order valence-electron chi connectivity index (χ1n) is 18.1. The lowest BCUT2D eigenvalue weighted by Crippen LogP contribution is -2.50. The minimum Gasteiger partial charge on any atom is -0.493 e. The molecule has 260 valence electrons. The lowest BCUT2D eigenvalue weighted by atomic mass is 9.87. The Morgan fingerprint density at radius 3 is 2.31 bits per heavy atom. The fourth-order valence-corrected chi connectivity index (χ4v) is 8.34. The standard InChI is InChI=1S/C39H54N4O5/c1-26(2)37-32-22-29(7-9-33(32)40-38(37)30-8-10-34(47-3)35(23-30)48-4)28-13-19-42(20-14-28)36(45)25-41-16-5-6-31(24-41)39(46)43-17-11-27(12-18-43)15-21-44/h7-10,22-23,26-28,31,40,44H,5-6,11-21,24-25H2,1-4H3/t31-/m0/s1. The zero-order chi connectivity index (χ0) is 33.8. The highest BCUT2D eigenvalue weighted by Crippen LogP contribution is 2.40. The number of benzene rings is 2. The van der Waals surface area contributed by atoms with Crippen molar-refractivity contribution in [1.29, 1.82) is 0 Å². The maximum atomic E-state index is 13.5. The SMILES string of the molecule is COc1ccc(-c2[nH]c3ccc(C4CCN(C(=O)CN5CCC[C@H](C(=O)N6CCC(CCO)CC6)C5)CC4)cc3c2C(C)C)cc1OC. The molecule has 2 aromatic carbocycles. The number of H-pyrrole nitrogens is 1. The van der Waals surface area contributed by atoms with Crippen molar-refractivity contribution in [2.45, 2.75) is 70.6 Å². The second kappa shape index (κ2) is 15.3. The van der Waals surface area contributed by atoms with Crippen molar-refractivity contribution < 1.29 is 24.2 Å². The van der Waals surface area contributed by atoms with Gasteiger partial charge in [0.2, 0.25) is 11.8 Å². The van der Waals surface area contributed by atoms with E-state index in [1.165, 1.54) is 16.5 Å². The highest BCUT2D eigenvalue weighted by molar-refractivity contribution is 5.92. The average Bonchev–Trinajstić information content (AvgIpc) is 3.51. The number of fused-ring (bicyclic) bond motifs is 1. The number of aliphatic hydroxyl groups excluding tert-OH is 1. The average molecular weight is 659 g/mol. The molecule has 0 saturated carbocycles. The van der Waals surface area contributed by atoms with Crippen LogP contribution in [0, 0.1) is 11.8 Å². The molecule has 2 amide bonds. The van der Waals surface area contributed by atoms with Crippen LogP contribution in [0.3, 0.4) is 0 Å². The summed E-state index contributed by atoms with van der Waals surface area (Å²) >= 11 is 0. The van der Waals surface area contributed by atoms with Crippen LogP contribution in [0.25, 0.3) is 22.2 Å². The highest BCUT2D eigenvalue weighted by Gasteiger charge is 2.33. The molecule has 1 atom stereocenters. The number of amides is 2. The molecule has 4 heterocycles. The first-order chi connectivity index (χ1) is 23.3. The Kier molecular flexibility index (Phi) is 11.0. The summed E-state index contributed by atoms with van der Waals surface area (Å²) in [5, 5.41) is 10.5. The number of methoxy groups -OCH3 is 2. The minimum atomic E-state index is -0.0157. The molecule has 0 aliphatic carbocycles. The molecule has 48 heavy (non-hydrogen) atoms. The molecule has 0 bridgehead atoms. The van der Waals surface area contributed by atoms with Gasteiger partial charge in [0.05, 0.1) is 32.4 Å². The second-order valence-electron chi connectivity index (χ2n) is 14.5. The summed E-state index contributed by atoms with van der Waals surface area (Å²) in [5.74, 6) is 3.12. The van der Waals surface area contributed by atoms with E-state index in [-0.39, 0.29) is 24.3 Å². The van der Waals surface area contributed by atoms with Crippen molar-refractivity contribution in [3.63, 3.8) is 0 Å². The smallest absolute Gasteiger partial charge is 0.236 e. The Bertz CT molecular complexity index is 1570. The Balaban J connectivity index is 1.06. The lowest BCUT2D eigenvalue weighted by Gasteiger charge is -2.38. The third-order valence-electron chi connectivity index (χ3n) is 11.1. The molecule has 6 rings (SSSR count). The van der Waals surface area contributed by atoms with Gasteiger partial charge in [0.1, 0.15) is 0 Å². The van der Waals surface area contributed by atoms with Gasteiger partial charge >= 0.3 is 0 Å². The van der Waals surface area contributed by atoms with Gasteiger partial charge in [-0.3, -0.25) is 14.5 Å². The van der Waals surface area contributed by atoms with E-state index in [0.717, 1.165) is 94.4 Å². The van der Waals surface area contributed by atoms with Crippen LogP contribution >= 0.6 is 0 Å². The van der Waals surface area contributed by atoms with Gasteiger partial charge in [0.25, 0.3) is 0 Å². The lowest BCUT2D eigenvalue weighted by molar-refractivity contribution is -0.141. The number of aromatic amines is 1. The Morgan fingerprint density at radius 2 is 1.62 bits per heavy atom. The summed E-state index contributed by atoms with van der Waals surface area (Å²) in [4.78, 5) is 36.7. The van der Waals surface area contributed by atoms with E-state index in [9.17, 15) is 14.7 Å². The number of nitrogens with zero attached hydrogens (tertiary/aromatic N) is 3. The monoisotopic (exact) mass is 658 g/mol. The molecule has 0 radical (unpaired) electrons. The summed E-state index contributed by atoms with van der Waals surface area (Å²) in [6.45, 7) is 9.80. The van der Waals surface area contributed by atoms with E-state index in [1.54, 1.807) is 14.2 Å². The fraction of sp³-hybridized carbons (Fsp3) is 0.590. The van der Waals surface area contributed by atoms with E-state index < -0.39 is 0 Å². The first kappa shape index (κ1) is 34.3. The molecule has 9 heteroatoms. The van der Waals surface area contributed by atoms with E-state index >= 15 is 0 Å². The third kappa shape index (κ3) is 7.37. The number of carbonyl (C=O) groups excluding carboxylic acids is 2. The summed E-state index contributed by atoms with van der Waals surface area (Å²) in [6.07, 6.45) is 6.57. The normalized spacial score (nSPS) is 20.1. The zero-order valence-electron chi connectivity index (χ0n) is 29.3. The summed E-state index contributed by atoms with van der Waals surface area (Å²) in [7, 11) is 3.32. The van der Waals surface area contributed by atoms with Gasteiger partial charge in [0, 0.05) is 55.8 Å². The third-order valence-corrected chi connectivity index (χ3v) is 11.1. The molecule has 0 spiro atoms. The molecule has 1 aromatic heterocycles. The molecule has 0 unspecified atom stereocenters. The molecule has 3 aromatic rings. The number of aromatic nitrogens is 1. The Labute approximate surface area is 285 Å². The number of aliphatic hydroxyl groups is 1.